The molecule has 2 heterocycles. The number of aryl methyl sites for hydroxylation is 4. The number of benzene rings is 1. The molecule has 6 heteroatoms. The second-order valence-electron chi connectivity index (χ2n) is 6.40. The Bertz CT molecular complexity index is 940. The standard InChI is InChI=1S/C20H24ClN3OS/c1-7-24(8-2)17-13(5)26-19-16(17)22-14(6)23-20(19)25-18-11(3)9-15(21)10-12(18)4/h9-10H,7-8H2,1-6H3. The van der Waals surface area contributed by atoms with Crippen molar-refractivity contribution in [1.82, 2.24) is 9.97 Å². The fourth-order valence-electron chi connectivity index (χ4n) is 3.29. The Morgan fingerprint density at radius 2 is 1.65 bits per heavy atom. The average molecular weight is 390 g/mol. The van der Waals surface area contributed by atoms with Crippen LogP contribution in [0.2, 0.25) is 5.02 Å². The van der Waals surface area contributed by atoms with E-state index in [-0.39, 0.29) is 0 Å². The molecule has 0 atom stereocenters. The second kappa shape index (κ2) is 7.41. The van der Waals surface area contributed by atoms with Gasteiger partial charge in [-0.1, -0.05) is 11.6 Å². The maximum atomic E-state index is 6.29. The van der Waals surface area contributed by atoms with Gasteiger partial charge in [-0.15, -0.1) is 11.3 Å². The molecule has 0 saturated heterocycles. The number of hydrogen-bond donors (Lipinski definition) is 0. The van der Waals surface area contributed by atoms with Crippen molar-refractivity contribution in [1.29, 1.82) is 0 Å². The van der Waals surface area contributed by atoms with Crippen molar-refractivity contribution in [3.63, 3.8) is 0 Å². The van der Waals surface area contributed by atoms with Gasteiger partial charge in [-0.05, 0) is 64.8 Å². The lowest BCUT2D eigenvalue weighted by molar-refractivity contribution is 0.460. The zero-order valence-electron chi connectivity index (χ0n) is 16.1. The summed E-state index contributed by atoms with van der Waals surface area (Å²) in [6.07, 6.45) is 0. The van der Waals surface area contributed by atoms with Crippen LogP contribution >= 0.6 is 22.9 Å². The Labute approximate surface area is 163 Å². The third-order valence-corrected chi connectivity index (χ3v) is 5.75. The maximum absolute atomic E-state index is 6.29. The lowest BCUT2D eigenvalue weighted by atomic mass is 10.1. The van der Waals surface area contributed by atoms with Crippen LogP contribution in [0.1, 0.15) is 35.7 Å². The summed E-state index contributed by atoms with van der Waals surface area (Å²) in [5.74, 6) is 2.14. The number of thiophene rings is 1. The predicted octanol–water partition coefficient (Wildman–Crippen LogP) is 6.22. The first kappa shape index (κ1) is 18.9. The number of nitrogens with zero attached hydrogens (tertiary/aromatic N) is 3. The minimum absolute atomic E-state index is 0.618. The van der Waals surface area contributed by atoms with Crippen molar-refractivity contribution in [2.45, 2.75) is 41.5 Å². The Balaban J connectivity index is 2.18. The van der Waals surface area contributed by atoms with E-state index in [1.54, 1.807) is 11.3 Å². The first-order valence-electron chi connectivity index (χ1n) is 8.82. The van der Waals surface area contributed by atoms with E-state index >= 15 is 0 Å². The van der Waals surface area contributed by atoms with E-state index in [4.69, 9.17) is 21.3 Å². The Hall–Kier alpha value is -1.85. The normalized spacial score (nSPS) is 11.2. The van der Waals surface area contributed by atoms with Gasteiger partial charge in [0.2, 0.25) is 5.88 Å². The molecule has 26 heavy (non-hydrogen) atoms. The van der Waals surface area contributed by atoms with Crippen LogP contribution in [0.15, 0.2) is 12.1 Å². The maximum Gasteiger partial charge on any atom is 0.240 e. The van der Waals surface area contributed by atoms with Gasteiger partial charge in [-0.25, -0.2) is 4.98 Å². The van der Waals surface area contributed by atoms with E-state index in [2.05, 4.69) is 30.7 Å². The van der Waals surface area contributed by atoms with E-state index in [0.717, 1.165) is 40.2 Å². The molecular weight excluding hydrogens is 366 g/mol. The number of aromatic nitrogens is 2. The highest BCUT2D eigenvalue weighted by molar-refractivity contribution is 7.20. The minimum atomic E-state index is 0.618. The molecule has 0 amide bonds. The van der Waals surface area contributed by atoms with E-state index in [0.29, 0.717) is 16.7 Å². The highest BCUT2D eigenvalue weighted by Gasteiger charge is 2.21. The van der Waals surface area contributed by atoms with Gasteiger partial charge in [-0.3, -0.25) is 0 Å². The van der Waals surface area contributed by atoms with Crippen molar-refractivity contribution in [3.8, 4) is 11.6 Å². The molecule has 0 saturated carbocycles. The molecule has 0 aliphatic carbocycles. The number of anilines is 1. The summed E-state index contributed by atoms with van der Waals surface area (Å²) in [6, 6.07) is 3.83. The van der Waals surface area contributed by atoms with Gasteiger partial charge in [-0.2, -0.15) is 4.98 Å². The largest absolute Gasteiger partial charge is 0.437 e. The van der Waals surface area contributed by atoms with Gasteiger partial charge in [0, 0.05) is 23.0 Å². The molecule has 3 aromatic rings. The smallest absolute Gasteiger partial charge is 0.240 e. The molecule has 0 aliphatic heterocycles. The van der Waals surface area contributed by atoms with Crippen LogP contribution in [0.4, 0.5) is 5.69 Å². The van der Waals surface area contributed by atoms with E-state index in [1.807, 2.05) is 32.9 Å². The molecule has 3 rings (SSSR count). The quantitative estimate of drug-likeness (QED) is 0.519. The summed E-state index contributed by atoms with van der Waals surface area (Å²) in [5, 5.41) is 0.715. The molecule has 0 bridgehead atoms. The Morgan fingerprint density at radius 1 is 1.04 bits per heavy atom. The van der Waals surface area contributed by atoms with Crippen molar-refractivity contribution < 1.29 is 4.74 Å². The summed E-state index contributed by atoms with van der Waals surface area (Å²) < 4.78 is 7.28. The molecule has 4 nitrogen and oxygen atoms in total. The monoisotopic (exact) mass is 389 g/mol. The van der Waals surface area contributed by atoms with Crippen LogP contribution in [0.25, 0.3) is 10.2 Å². The van der Waals surface area contributed by atoms with Gasteiger partial charge in [0.15, 0.2) is 0 Å². The summed E-state index contributed by atoms with van der Waals surface area (Å²) in [7, 11) is 0. The average Bonchev–Trinajstić information content (AvgIpc) is 2.89. The fourth-order valence-corrected chi connectivity index (χ4v) is 4.66. The highest BCUT2D eigenvalue weighted by Crippen LogP contribution is 2.42. The molecule has 0 unspecified atom stereocenters. The molecule has 0 fully saturated rings. The summed E-state index contributed by atoms with van der Waals surface area (Å²) in [5.41, 5.74) is 4.16. The number of ether oxygens (including phenoxy) is 1. The van der Waals surface area contributed by atoms with Crippen LogP contribution in [0.5, 0.6) is 11.6 Å². The molecule has 0 spiro atoms. The molecular formula is C20H24ClN3OS. The van der Waals surface area contributed by atoms with Gasteiger partial charge >= 0.3 is 0 Å². The van der Waals surface area contributed by atoms with Crippen LogP contribution in [0, 0.1) is 27.7 Å². The summed E-state index contributed by atoms with van der Waals surface area (Å²) >= 11 is 7.84. The van der Waals surface area contributed by atoms with Crippen molar-refractivity contribution >= 4 is 38.8 Å². The third-order valence-electron chi connectivity index (χ3n) is 4.46. The lowest BCUT2D eigenvalue weighted by Gasteiger charge is -2.21. The second-order valence-corrected chi connectivity index (χ2v) is 8.06. The van der Waals surface area contributed by atoms with Crippen molar-refractivity contribution in [2.24, 2.45) is 0 Å². The van der Waals surface area contributed by atoms with E-state index in [9.17, 15) is 0 Å². The molecule has 0 N–H and O–H groups in total. The first-order chi connectivity index (χ1) is 12.3. The molecule has 138 valence electrons. The zero-order chi connectivity index (χ0) is 19.0. The van der Waals surface area contributed by atoms with Gasteiger partial charge in [0.25, 0.3) is 0 Å². The van der Waals surface area contributed by atoms with Gasteiger partial charge < -0.3 is 9.64 Å². The van der Waals surface area contributed by atoms with Gasteiger partial charge in [0.1, 0.15) is 21.8 Å². The van der Waals surface area contributed by atoms with Crippen LogP contribution in [-0.4, -0.2) is 23.1 Å². The topological polar surface area (TPSA) is 38.2 Å². The molecule has 0 aliphatic rings. The molecule has 0 radical (unpaired) electrons. The zero-order valence-corrected chi connectivity index (χ0v) is 17.7. The summed E-state index contributed by atoms with van der Waals surface area (Å²) in [6.45, 7) is 14.3. The van der Waals surface area contributed by atoms with Crippen molar-refractivity contribution in [3.05, 3.63) is 39.0 Å². The number of fused-ring (bicyclic) bond motifs is 1. The highest BCUT2D eigenvalue weighted by atomic mass is 35.5. The predicted molar refractivity (Wildman–Crippen MR) is 111 cm³/mol. The van der Waals surface area contributed by atoms with E-state index in [1.165, 1.54) is 10.6 Å². The number of halogens is 1. The Morgan fingerprint density at radius 3 is 2.23 bits per heavy atom. The molecule has 2 aromatic heterocycles. The fraction of sp³-hybridized carbons (Fsp3) is 0.400. The van der Waals surface area contributed by atoms with Crippen LogP contribution in [-0.2, 0) is 0 Å². The summed E-state index contributed by atoms with van der Waals surface area (Å²) in [4.78, 5) is 12.9. The van der Waals surface area contributed by atoms with Crippen LogP contribution < -0.4 is 9.64 Å². The van der Waals surface area contributed by atoms with E-state index < -0.39 is 0 Å². The SMILES string of the molecule is CCN(CC)c1c(C)sc2c(Oc3c(C)cc(Cl)cc3C)nc(C)nc12. The van der Waals surface area contributed by atoms with Crippen molar-refractivity contribution in [2.75, 3.05) is 18.0 Å². The molecule has 1 aromatic carbocycles. The minimum Gasteiger partial charge on any atom is -0.437 e. The number of hydrogen-bond acceptors (Lipinski definition) is 5. The first-order valence-corrected chi connectivity index (χ1v) is 10.0. The number of rotatable bonds is 5. The third kappa shape index (κ3) is 3.38. The lowest BCUT2D eigenvalue weighted by Crippen LogP contribution is -2.22. The van der Waals surface area contributed by atoms with Gasteiger partial charge in [0.05, 0.1) is 5.69 Å². The van der Waals surface area contributed by atoms with Crippen LogP contribution in [0.3, 0.4) is 0 Å². The Kier molecular flexibility index (Phi) is 5.39.